The van der Waals surface area contributed by atoms with Crippen LogP contribution < -0.4 is 4.74 Å². The molecule has 0 radical (unpaired) electrons. The first-order valence-corrected chi connectivity index (χ1v) is 6.61. The van der Waals surface area contributed by atoms with Crippen LogP contribution in [0.15, 0.2) is 40.9 Å². The maximum Gasteiger partial charge on any atom is 0.339 e. The Labute approximate surface area is 123 Å². The van der Waals surface area contributed by atoms with Crippen molar-refractivity contribution in [3.05, 3.63) is 57.0 Å². The van der Waals surface area contributed by atoms with Gasteiger partial charge in [-0.15, -0.1) is 0 Å². The molecular formula is C14H10BrClO3. The van der Waals surface area contributed by atoms with Crippen molar-refractivity contribution in [2.24, 2.45) is 0 Å². The summed E-state index contributed by atoms with van der Waals surface area (Å²) in [6.07, 6.45) is 0. The minimum Gasteiger partial charge on any atom is -0.478 e. The maximum atomic E-state index is 11.2. The number of benzene rings is 2. The van der Waals surface area contributed by atoms with E-state index in [4.69, 9.17) is 21.4 Å². The SMILES string of the molecule is Cc1ccc(Oc2ccc(Cl)cc2C(=O)O)c(Br)c1. The lowest BCUT2D eigenvalue weighted by molar-refractivity contribution is 0.0694. The van der Waals surface area contributed by atoms with Crippen LogP contribution in [0.1, 0.15) is 15.9 Å². The number of rotatable bonds is 3. The van der Waals surface area contributed by atoms with E-state index in [1.807, 2.05) is 19.1 Å². The molecule has 0 unspecified atom stereocenters. The van der Waals surface area contributed by atoms with Gasteiger partial charge in [0.1, 0.15) is 17.1 Å². The molecule has 2 aromatic rings. The van der Waals surface area contributed by atoms with Gasteiger partial charge in [-0.05, 0) is 58.7 Å². The summed E-state index contributed by atoms with van der Waals surface area (Å²) in [4.78, 5) is 11.2. The number of hydrogen-bond donors (Lipinski definition) is 1. The highest BCUT2D eigenvalue weighted by molar-refractivity contribution is 9.10. The van der Waals surface area contributed by atoms with Crippen molar-refractivity contribution in [2.75, 3.05) is 0 Å². The van der Waals surface area contributed by atoms with E-state index in [-0.39, 0.29) is 11.3 Å². The molecule has 0 saturated carbocycles. The summed E-state index contributed by atoms with van der Waals surface area (Å²) in [5, 5.41) is 9.49. The van der Waals surface area contributed by atoms with E-state index in [9.17, 15) is 4.79 Å². The molecule has 0 aromatic heterocycles. The summed E-state index contributed by atoms with van der Waals surface area (Å²) < 4.78 is 6.39. The van der Waals surface area contributed by atoms with Gasteiger partial charge in [0.2, 0.25) is 0 Å². The van der Waals surface area contributed by atoms with Crippen LogP contribution in [0, 0.1) is 6.92 Å². The first-order chi connectivity index (χ1) is 8.97. The molecule has 1 N–H and O–H groups in total. The lowest BCUT2D eigenvalue weighted by atomic mass is 10.2. The van der Waals surface area contributed by atoms with Gasteiger partial charge in [-0.2, -0.15) is 0 Å². The van der Waals surface area contributed by atoms with Crippen molar-refractivity contribution < 1.29 is 14.6 Å². The minimum absolute atomic E-state index is 0.0278. The molecule has 5 heteroatoms. The lowest BCUT2D eigenvalue weighted by Crippen LogP contribution is -2.00. The Hall–Kier alpha value is -1.52. The zero-order chi connectivity index (χ0) is 14.0. The fourth-order valence-electron chi connectivity index (χ4n) is 1.57. The van der Waals surface area contributed by atoms with Gasteiger partial charge in [-0.25, -0.2) is 4.79 Å². The van der Waals surface area contributed by atoms with E-state index in [0.717, 1.165) is 10.0 Å². The third-order valence-corrected chi connectivity index (χ3v) is 3.33. The van der Waals surface area contributed by atoms with E-state index in [1.165, 1.54) is 12.1 Å². The third kappa shape index (κ3) is 3.28. The normalized spacial score (nSPS) is 10.3. The molecule has 2 rings (SSSR count). The first kappa shape index (κ1) is 13.9. The highest BCUT2D eigenvalue weighted by Crippen LogP contribution is 2.33. The van der Waals surface area contributed by atoms with Crippen LogP contribution in [-0.2, 0) is 0 Å². The van der Waals surface area contributed by atoms with Crippen LogP contribution in [0.4, 0.5) is 0 Å². The zero-order valence-corrected chi connectivity index (χ0v) is 12.3. The van der Waals surface area contributed by atoms with Crippen molar-refractivity contribution in [3.8, 4) is 11.5 Å². The summed E-state index contributed by atoms with van der Waals surface area (Å²) in [5.74, 6) is -0.280. The second-order valence-corrected chi connectivity index (χ2v) is 5.27. The summed E-state index contributed by atoms with van der Waals surface area (Å²) in [5.41, 5.74) is 1.11. The second-order valence-electron chi connectivity index (χ2n) is 3.98. The molecule has 0 heterocycles. The Bertz CT molecular complexity index is 641. The molecule has 0 saturated heterocycles. The maximum absolute atomic E-state index is 11.2. The van der Waals surface area contributed by atoms with Crippen molar-refractivity contribution in [1.29, 1.82) is 0 Å². The highest BCUT2D eigenvalue weighted by atomic mass is 79.9. The largest absolute Gasteiger partial charge is 0.478 e. The predicted molar refractivity (Wildman–Crippen MR) is 77.4 cm³/mol. The molecule has 0 amide bonds. The van der Waals surface area contributed by atoms with Crippen LogP contribution in [-0.4, -0.2) is 11.1 Å². The molecule has 0 aliphatic carbocycles. The zero-order valence-electron chi connectivity index (χ0n) is 9.98. The van der Waals surface area contributed by atoms with Gasteiger partial charge in [0.25, 0.3) is 0 Å². The average molecular weight is 342 g/mol. The molecule has 0 aliphatic rings. The summed E-state index contributed by atoms with van der Waals surface area (Å²) in [7, 11) is 0. The molecule has 0 bridgehead atoms. The summed E-state index contributed by atoms with van der Waals surface area (Å²) >= 11 is 9.17. The monoisotopic (exact) mass is 340 g/mol. The first-order valence-electron chi connectivity index (χ1n) is 5.44. The van der Waals surface area contributed by atoms with Crippen LogP contribution in [0.25, 0.3) is 0 Å². The Balaban J connectivity index is 2.40. The van der Waals surface area contributed by atoms with Crippen molar-refractivity contribution in [1.82, 2.24) is 0 Å². The average Bonchev–Trinajstić information content (AvgIpc) is 2.34. The molecule has 19 heavy (non-hydrogen) atoms. The number of halogens is 2. The molecule has 98 valence electrons. The Morgan fingerprint density at radius 2 is 1.89 bits per heavy atom. The molecular weight excluding hydrogens is 332 g/mol. The van der Waals surface area contributed by atoms with Gasteiger partial charge in [0.15, 0.2) is 0 Å². The van der Waals surface area contributed by atoms with Crippen molar-refractivity contribution in [3.63, 3.8) is 0 Å². The number of aryl methyl sites for hydroxylation is 1. The van der Waals surface area contributed by atoms with Crippen LogP contribution in [0.3, 0.4) is 0 Å². The third-order valence-electron chi connectivity index (χ3n) is 2.48. The molecule has 0 aliphatic heterocycles. The molecule has 0 atom stereocenters. The number of aromatic carboxylic acids is 1. The van der Waals surface area contributed by atoms with Gasteiger partial charge in [-0.1, -0.05) is 17.7 Å². The fraction of sp³-hybridized carbons (Fsp3) is 0.0714. The quantitative estimate of drug-likeness (QED) is 0.863. The molecule has 2 aromatic carbocycles. The van der Waals surface area contributed by atoms with Crippen molar-refractivity contribution in [2.45, 2.75) is 6.92 Å². The Morgan fingerprint density at radius 1 is 1.21 bits per heavy atom. The van der Waals surface area contributed by atoms with Gasteiger partial charge in [0, 0.05) is 5.02 Å². The number of carbonyl (C=O) groups is 1. The Kier molecular flexibility index (Phi) is 4.12. The highest BCUT2D eigenvalue weighted by Gasteiger charge is 2.13. The number of ether oxygens (including phenoxy) is 1. The Morgan fingerprint density at radius 3 is 2.53 bits per heavy atom. The molecule has 3 nitrogen and oxygen atoms in total. The van der Waals surface area contributed by atoms with E-state index in [0.29, 0.717) is 10.8 Å². The molecule has 0 fully saturated rings. The van der Waals surface area contributed by atoms with Crippen LogP contribution >= 0.6 is 27.5 Å². The number of carboxylic acid groups (broad SMARTS) is 1. The van der Waals surface area contributed by atoms with Crippen LogP contribution in [0.2, 0.25) is 5.02 Å². The summed E-state index contributed by atoms with van der Waals surface area (Å²) in [6, 6.07) is 10.0. The van der Waals surface area contributed by atoms with E-state index in [1.54, 1.807) is 12.1 Å². The van der Waals surface area contributed by atoms with Gasteiger partial charge in [-0.3, -0.25) is 0 Å². The number of hydrogen-bond acceptors (Lipinski definition) is 2. The standard InChI is InChI=1S/C14H10BrClO3/c1-8-2-4-13(11(15)6-8)19-12-5-3-9(16)7-10(12)14(17)18/h2-7H,1H3,(H,17,18). The molecule has 0 spiro atoms. The van der Waals surface area contributed by atoms with Gasteiger partial charge >= 0.3 is 5.97 Å². The van der Waals surface area contributed by atoms with E-state index in [2.05, 4.69) is 15.9 Å². The van der Waals surface area contributed by atoms with E-state index >= 15 is 0 Å². The van der Waals surface area contributed by atoms with E-state index < -0.39 is 5.97 Å². The van der Waals surface area contributed by atoms with Crippen LogP contribution in [0.5, 0.6) is 11.5 Å². The minimum atomic E-state index is -1.08. The smallest absolute Gasteiger partial charge is 0.339 e. The van der Waals surface area contributed by atoms with Gasteiger partial charge < -0.3 is 9.84 Å². The van der Waals surface area contributed by atoms with Crippen molar-refractivity contribution >= 4 is 33.5 Å². The number of carboxylic acids is 1. The summed E-state index contributed by atoms with van der Waals surface area (Å²) in [6.45, 7) is 1.96. The fourth-order valence-corrected chi connectivity index (χ4v) is 2.31. The lowest BCUT2D eigenvalue weighted by Gasteiger charge is -2.11. The predicted octanol–water partition coefficient (Wildman–Crippen LogP) is 4.90. The second kappa shape index (κ2) is 5.63. The topological polar surface area (TPSA) is 46.5 Å². The van der Waals surface area contributed by atoms with Gasteiger partial charge in [0.05, 0.1) is 4.47 Å².